The number of likely N-dealkylation sites (tertiary alicyclic amines) is 1. The summed E-state index contributed by atoms with van der Waals surface area (Å²) in [6.45, 7) is 9.98. The molecule has 1 saturated heterocycles. The molecule has 1 heterocycles. The molecule has 19 heavy (non-hydrogen) atoms. The molecule has 2 N–H and O–H groups in total. The van der Waals surface area contributed by atoms with Gasteiger partial charge in [0.15, 0.2) is 0 Å². The Kier molecular flexibility index (Phi) is 6.31. The summed E-state index contributed by atoms with van der Waals surface area (Å²) in [6, 6.07) is 7.22. The predicted molar refractivity (Wildman–Crippen MR) is 84.8 cm³/mol. The third-order valence-electron chi connectivity index (χ3n) is 4.06. The number of nitrogens with two attached hydrogens (primary N) is 1. The molecule has 0 spiro atoms. The highest BCUT2D eigenvalue weighted by Gasteiger charge is 2.21. The Hall–Kier alpha value is -0.570. The Morgan fingerprint density at radius 1 is 1.16 bits per heavy atom. The van der Waals surface area contributed by atoms with Crippen LogP contribution in [0.25, 0.3) is 0 Å². The van der Waals surface area contributed by atoms with E-state index in [1.165, 1.54) is 42.6 Å². The number of hydrogen-bond donors (Lipinski definition) is 1. The van der Waals surface area contributed by atoms with Crippen LogP contribution in [0.4, 0.5) is 0 Å². The summed E-state index contributed by atoms with van der Waals surface area (Å²) in [6.07, 6.45) is 2.50. The van der Waals surface area contributed by atoms with Gasteiger partial charge in [0.05, 0.1) is 0 Å². The van der Waals surface area contributed by atoms with Crippen LogP contribution in [0.5, 0.6) is 0 Å². The quantitative estimate of drug-likeness (QED) is 0.922. The molecule has 1 atom stereocenters. The van der Waals surface area contributed by atoms with E-state index in [-0.39, 0.29) is 12.4 Å². The average molecular weight is 283 g/mol. The second kappa shape index (κ2) is 7.28. The van der Waals surface area contributed by atoms with Gasteiger partial charge in [-0.3, -0.25) is 4.90 Å². The van der Waals surface area contributed by atoms with Crippen molar-refractivity contribution in [3.63, 3.8) is 0 Å². The highest BCUT2D eigenvalue weighted by molar-refractivity contribution is 5.85. The summed E-state index contributed by atoms with van der Waals surface area (Å²) < 4.78 is 0. The molecule has 1 aromatic rings. The van der Waals surface area contributed by atoms with Gasteiger partial charge >= 0.3 is 0 Å². The summed E-state index contributed by atoms with van der Waals surface area (Å²) >= 11 is 0. The van der Waals surface area contributed by atoms with E-state index in [2.05, 4.69) is 43.9 Å². The molecule has 2 rings (SSSR count). The van der Waals surface area contributed by atoms with Crippen LogP contribution < -0.4 is 5.73 Å². The number of hydrogen-bond acceptors (Lipinski definition) is 2. The molecule has 0 aromatic heterocycles. The van der Waals surface area contributed by atoms with E-state index >= 15 is 0 Å². The van der Waals surface area contributed by atoms with Gasteiger partial charge in [-0.25, -0.2) is 0 Å². The Bertz CT molecular complexity index is 375. The summed E-state index contributed by atoms with van der Waals surface area (Å²) in [4.78, 5) is 2.56. The monoisotopic (exact) mass is 282 g/mol. The van der Waals surface area contributed by atoms with Gasteiger partial charge in [0, 0.05) is 12.6 Å². The molecule has 1 aliphatic rings. The standard InChI is InChI=1S/C16H26N2.ClH/c1-12-8-13(2)10-15(9-12)11-18-6-4-16(5-7-18)14(3)17;/h8-10,14,16H,4-7,11,17H2,1-3H3;1H. The van der Waals surface area contributed by atoms with Gasteiger partial charge in [-0.1, -0.05) is 29.3 Å². The van der Waals surface area contributed by atoms with Crippen molar-refractivity contribution in [1.29, 1.82) is 0 Å². The van der Waals surface area contributed by atoms with Crippen molar-refractivity contribution in [2.45, 2.75) is 46.2 Å². The number of nitrogens with zero attached hydrogens (tertiary/aromatic N) is 1. The van der Waals surface area contributed by atoms with E-state index in [1.807, 2.05) is 0 Å². The Labute approximate surface area is 123 Å². The third kappa shape index (κ3) is 4.79. The first-order valence-corrected chi connectivity index (χ1v) is 7.09. The second-order valence-corrected chi connectivity index (χ2v) is 5.97. The van der Waals surface area contributed by atoms with Crippen LogP contribution in [-0.2, 0) is 6.54 Å². The minimum Gasteiger partial charge on any atom is -0.328 e. The maximum absolute atomic E-state index is 5.99. The zero-order valence-corrected chi connectivity index (χ0v) is 13.2. The molecule has 1 aliphatic heterocycles. The fraction of sp³-hybridized carbons (Fsp3) is 0.625. The fourth-order valence-electron chi connectivity index (χ4n) is 3.06. The van der Waals surface area contributed by atoms with Gasteiger partial charge in [0.25, 0.3) is 0 Å². The van der Waals surface area contributed by atoms with Crippen LogP contribution in [0.2, 0.25) is 0 Å². The number of rotatable bonds is 3. The van der Waals surface area contributed by atoms with Crippen molar-refractivity contribution in [2.24, 2.45) is 11.7 Å². The highest BCUT2D eigenvalue weighted by atomic mass is 35.5. The molecular weight excluding hydrogens is 256 g/mol. The maximum Gasteiger partial charge on any atom is 0.0233 e. The molecule has 108 valence electrons. The molecule has 2 nitrogen and oxygen atoms in total. The van der Waals surface area contributed by atoms with E-state index in [1.54, 1.807) is 0 Å². The lowest BCUT2D eigenvalue weighted by Crippen LogP contribution is -2.39. The molecule has 3 heteroatoms. The van der Waals surface area contributed by atoms with Gasteiger partial charge in [-0.15, -0.1) is 12.4 Å². The molecule has 0 bridgehead atoms. The number of aryl methyl sites for hydroxylation is 2. The van der Waals surface area contributed by atoms with E-state index in [0.29, 0.717) is 6.04 Å². The largest absolute Gasteiger partial charge is 0.328 e. The Balaban J connectivity index is 0.00000180. The fourth-order valence-corrected chi connectivity index (χ4v) is 3.06. The second-order valence-electron chi connectivity index (χ2n) is 5.97. The predicted octanol–water partition coefficient (Wildman–Crippen LogP) is 3.28. The first-order valence-electron chi connectivity index (χ1n) is 7.09. The lowest BCUT2D eigenvalue weighted by molar-refractivity contribution is 0.165. The zero-order chi connectivity index (χ0) is 13.1. The van der Waals surface area contributed by atoms with Gasteiger partial charge in [0.2, 0.25) is 0 Å². The van der Waals surface area contributed by atoms with Crippen LogP contribution >= 0.6 is 12.4 Å². The van der Waals surface area contributed by atoms with Gasteiger partial charge < -0.3 is 5.73 Å². The maximum atomic E-state index is 5.99. The Morgan fingerprint density at radius 3 is 2.16 bits per heavy atom. The van der Waals surface area contributed by atoms with Crippen LogP contribution in [0.1, 0.15) is 36.5 Å². The summed E-state index contributed by atoms with van der Waals surface area (Å²) in [5, 5.41) is 0. The van der Waals surface area contributed by atoms with Gasteiger partial charge in [0.1, 0.15) is 0 Å². The number of halogens is 1. The summed E-state index contributed by atoms with van der Waals surface area (Å²) in [7, 11) is 0. The van der Waals surface area contributed by atoms with Crippen LogP contribution in [-0.4, -0.2) is 24.0 Å². The topological polar surface area (TPSA) is 29.3 Å². The highest BCUT2D eigenvalue weighted by Crippen LogP contribution is 2.21. The van der Waals surface area contributed by atoms with Gasteiger partial charge in [-0.05, 0) is 58.2 Å². The van der Waals surface area contributed by atoms with Crippen LogP contribution in [0, 0.1) is 19.8 Å². The zero-order valence-electron chi connectivity index (χ0n) is 12.4. The van der Waals surface area contributed by atoms with Gasteiger partial charge in [-0.2, -0.15) is 0 Å². The van der Waals surface area contributed by atoms with E-state index < -0.39 is 0 Å². The lowest BCUT2D eigenvalue weighted by Gasteiger charge is -2.33. The number of benzene rings is 1. The minimum absolute atomic E-state index is 0. The first kappa shape index (κ1) is 16.5. The molecule has 1 fully saturated rings. The minimum atomic E-state index is 0. The molecule has 1 aromatic carbocycles. The van der Waals surface area contributed by atoms with Crippen molar-refractivity contribution in [3.8, 4) is 0 Å². The first-order chi connectivity index (χ1) is 8.54. The van der Waals surface area contributed by atoms with Crippen molar-refractivity contribution in [3.05, 3.63) is 34.9 Å². The molecule has 0 aliphatic carbocycles. The smallest absolute Gasteiger partial charge is 0.0233 e. The van der Waals surface area contributed by atoms with Crippen LogP contribution in [0.3, 0.4) is 0 Å². The normalized spacial score (nSPS) is 18.9. The van der Waals surface area contributed by atoms with E-state index in [4.69, 9.17) is 5.73 Å². The molecule has 0 saturated carbocycles. The van der Waals surface area contributed by atoms with E-state index in [0.717, 1.165) is 12.5 Å². The van der Waals surface area contributed by atoms with E-state index in [9.17, 15) is 0 Å². The van der Waals surface area contributed by atoms with Crippen molar-refractivity contribution >= 4 is 12.4 Å². The lowest BCUT2D eigenvalue weighted by atomic mass is 9.91. The molecule has 1 unspecified atom stereocenters. The molecular formula is C16H27ClN2. The number of piperidine rings is 1. The summed E-state index contributed by atoms with van der Waals surface area (Å²) in [5.41, 5.74) is 10.2. The van der Waals surface area contributed by atoms with Crippen molar-refractivity contribution < 1.29 is 0 Å². The Morgan fingerprint density at radius 2 is 1.68 bits per heavy atom. The van der Waals surface area contributed by atoms with Crippen LogP contribution in [0.15, 0.2) is 18.2 Å². The SMILES string of the molecule is Cc1cc(C)cc(CN2CCC(C(C)N)CC2)c1.Cl. The van der Waals surface area contributed by atoms with Crippen molar-refractivity contribution in [1.82, 2.24) is 4.90 Å². The molecule has 0 amide bonds. The third-order valence-corrected chi connectivity index (χ3v) is 4.06. The summed E-state index contributed by atoms with van der Waals surface area (Å²) in [5.74, 6) is 0.723. The van der Waals surface area contributed by atoms with Crippen molar-refractivity contribution in [2.75, 3.05) is 13.1 Å². The molecule has 0 radical (unpaired) electrons. The average Bonchev–Trinajstić information content (AvgIpc) is 2.28.